The molecular weight excluding hydrogens is 232 g/mol. The molecule has 68 valence electrons. The molecule has 0 aliphatic carbocycles. The molecule has 13 heavy (non-hydrogen) atoms. The van der Waals surface area contributed by atoms with E-state index in [0.717, 1.165) is 21.6 Å². The van der Waals surface area contributed by atoms with Crippen LogP contribution < -0.4 is 5.32 Å². The highest BCUT2D eigenvalue weighted by Crippen LogP contribution is 2.19. The first-order chi connectivity index (χ1) is 6.22. The summed E-state index contributed by atoms with van der Waals surface area (Å²) < 4.78 is 2.60. The molecular formula is C8H9BrN4. The summed E-state index contributed by atoms with van der Waals surface area (Å²) in [5.74, 6) is 0. The SMILES string of the molecule is CNc1cc(Br)nn2c(C)cnc12. The Balaban J connectivity index is 2.84. The first-order valence-electron chi connectivity index (χ1n) is 3.91. The van der Waals surface area contributed by atoms with Crippen LogP contribution in [0, 0.1) is 6.92 Å². The van der Waals surface area contributed by atoms with E-state index < -0.39 is 0 Å². The Kier molecular flexibility index (Phi) is 1.95. The first-order valence-corrected chi connectivity index (χ1v) is 4.70. The quantitative estimate of drug-likeness (QED) is 0.828. The number of imidazole rings is 1. The second-order valence-electron chi connectivity index (χ2n) is 2.77. The van der Waals surface area contributed by atoms with Crippen molar-refractivity contribution in [1.29, 1.82) is 0 Å². The van der Waals surface area contributed by atoms with Crippen molar-refractivity contribution >= 4 is 27.3 Å². The van der Waals surface area contributed by atoms with E-state index >= 15 is 0 Å². The van der Waals surface area contributed by atoms with Crippen molar-refractivity contribution in [3.05, 3.63) is 22.6 Å². The van der Waals surface area contributed by atoms with Gasteiger partial charge in [-0.2, -0.15) is 5.10 Å². The fraction of sp³-hybridized carbons (Fsp3) is 0.250. The maximum absolute atomic E-state index is 4.27. The molecule has 0 atom stereocenters. The Bertz CT molecular complexity index is 449. The van der Waals surface area contributed by atoms with E-state index in [2.05, 4.69) is 31.3 Å². The van der Waals surface area contributed by atoms with Gasteiger partial charge in [-0.15, -0.1) is 0 Å². The highest BCUT2D eigenvalue weighted by molar-refractivity contribution is 9.10. The van der Waals surface area contributed by atoms with Gasteiger partial charge in [-0.1, -0.05) is 0 Å². The molecule has 0 spiro atoms. The van der Waals surface area contributed by atoms with Crippen molar-refractivity contribution in [3.63, 3.8) is 0 Å². The lowest BCUT2D eigenvalue weighted by Gasteiger charge is -2.03. The zero-order valence-corrected chi connectivity index (χ0v) is 8.96. The molecule has 2 heterocycles. The predicted molar refractivity (Wildman–Crippen MR) is 55.0 cm³/mol. The van der Waals surface area contributed by atoms with Crippen LogP contribution in [0.25, 0.3) is 5.65 Å². The van der Waals surface area contributed by atoms with Crippen molar-refractivity contribution in [2.75, 3.05) is 12.4 Å². The van der Waals surface area contributed by atoms with Gasteiger partial charge < -0.3 is 5.32 Å². The lowest BCUT2D eigenvalue weighted by Crippen LogP contribution is -1.99. The van der Waals surface area contributed by atoms with E-state index in [1.54, 1.807) is 10.7 Å². The van der Waals surface area contributed by atoms with E-state index in [4.69, 9.17) is 0 Å². The van der Waals surface area contributed by atoms with Gasteiger partial charge in [-0.3, -0.25) is 0 Å². The summed E-state index contributed by atoms with van der Waals surface area (Å²) in [7, 11) is 1.87. The normalized spacial score (nSPS) is 10.7. The Morgan fingerprint density at radius 1 is 1.54 bits per heavy atom. The summed E-state index contributed by atoms with van der Waals surface area (Å²) in [5, 5.41) is 7.35. The molecule has 0 saturated carbocycles. The Morgan fingerprint density at radius 2 is 2.31 bits per heavy atom. The van der Waals surface area contributed by atoms with Gasteiger partial charge in [0.1, 0.15) is 4.60 Å². The molecule has 2 aromatic heterocycles. The molecule has 0 fully saturated rings. The molecule has 4 nitrogen and oxygen atoms in total. The fourth-order valence-electron chi connectivity index (χ4n) is 1.23. The summed E-state index contributed by atoms with van der Waals surface area (Å²) in [4.78, 5) is 4.25. The molecule has 2 rings (SSSR count). The minimum absolute atomic E-state index is 0.797. The second kappa shape index (κ2) is 2.99. The van der Waals surface area contributed by atoms with Gasteiger partial charge >= 0.3 is 0 Å². The van der Waals surface area contributed by atoms with Crippen molar-refractivity contribution in [2.24, 2.45) is 0 Å². The van der Waals surface area contributed by atoms with Crippen LogP contribution in [0.5, 0.6) is 0 Å². The van der Waals surface area contributed by atoms with Gasteiger partial charge in [0.15, 0.2) is 5.65 Å². The number of nitrogens with one attached hydrogen (secondary N) is 1. The van der Waals surface area contributed by atoms with Crippen LogP contribution in [0.1, 0.15) is 5.69 Å². The number of anilines is 1. The van der Waals surface area contributed by atoms with Gasteiger partial charge in [-0.25, -0.2) is 9.50 Å². The van der Waals surface area contributed by atoms with Crippen molar-refractivity contribution in [3.8, 4) is 0 Å². The van der Waals surface area contributed by atoms with Crippen LogP contribution in [0.3, 0.4) is 0 Å². The van der Waals surface area contributed by atoms with E-state index in [1.165, 1.54) is 0 Å². The molecule has 0 unspecified atom stereocenters. The van der Waals surface area contributed by atoms with Crippen molar-refractivity contribution in [1.82, 2.24) is 14.6 Å². The third kappa shape index (κ3) is 1.29. The van der Waals surface area contributed by atoms with Crippen molar-refractivity contribution in [2.45, 2.75) is 6.92 Å². The van der Waals surface area contributed by atoms with Crippen LogP contribution in [0.4, 0.5) is 5.69 Å². The number of hydrogen-bond acceptors (Lipinski definition) is 3. The maximum atomic E-state index is 4.27. The molecule has 5 heteroatoms. The molecule has 1 N–H and O–H groups in total. The van der Waals surface area contributed by atoms with Crippen molar-refractivity contribution < 1.29 is 0 Å². The highest BCUT2D eigenvalue weighted by atomic mass is 79.9. The number of fused-ring (bicyclic) bond motifs is 1. The molecule has 0 saturated heterocycles. The van der Waals surface area contributed by atoms with Gasteiger partial charge in [0.25, 0.3) is 0 Å². The number of rotatable bonds is 1. The summed E-state index contributed by atoms with van der Waals surface area (Å²) in [5.41, 5.74) is 2.84. The topological polar surface area (TPSA) is 42.2 Å². The molecule has 2 aromatic rings. The molecule has 0 aromatic carbocycles. The smallest absolute Gasteiger partial charge is 0.177 e. The van der Waals surface area contributed by atoms with Crippen LogP contribution in [0.15, 0.2) is 16.9 Å². The van der Waals surface area contributed by atoms with Crippen LogP contribution in [-0.4, -0.2) is 21.6 Å². The summed E-state index contributed by atoms with van der Waals surface area (Å²) in [6.45, 7) is 1.97. The van der Waals surface area contributed by atoms with E-state index in [0.29, 0.717) is 0 Å². The van der Waals surface area contributed by atoms with Crippen LogP contribution in [0.2, 0.25) is 0 Å². The zero-order valence-electron chi connectivity index (χ0n) is 7.37. The Morgan fingerprint density at radius 3 is 3.00 bits per heavy atom. The minimum atomic E-state index is 0.797. The fourth-order valence-corrected chi connectivity index (χ4v) is 1.62. The minimum Gasteiger partial charge on any atom is -0.385 e. The second-order valence-corrected chi connectivity index (χ2v) is 3.58. The zero-order chi connectivity index (χ0) is 9.42. The van der Waals surface area contributed by atoms with E-state index in [-0.39, 0.29) is 0 Å². The molecule has 0 aliphatic heterocycles. The largest absolute Gasteiger partial charge is 0.385 e. The summed E-state index contributed by atoms with van der Waals surface area (Å²) >= 11 is 3.34. The number of hydrogen-bond donors (Lipinski definition) is 1. The van der Waals surface area contributed by atoms with Crippen LogP contribution >= 0.6 is 15.9 Å². The van der Waals surface area contributed by atoms with Crippen LogP contribution in [-0.2, 0) is 0 Å². The summed E-state index contributed by atoms with van der Waals surface area (Å²) in [6, 6.07) is 1.90. The molecule has 0 aliphatic rings. The molecule has 0 amide bonds. The number of aromatic nitrogens is 3. The lowest BCUT2D eigenvalue weighted by atomic mass is 10.4. The van der Waals surface area contributed by atoms with Gasteiger partial charge in [0.05, 0.1) is 17.6 Å². The average molecular weight is 241 g/mol. The third-order valence-corrected chi connectivity index (χ3v) is 2.27. The molecule has 0 bridgehead atoms. The summed E-state index contributed by atoms with van der Waals surface area (Å²) in [6.07, 6.45) is 1.80. The first kappa shape index (κ1) is 8.50. The maximum Gasteiger partial charge on any atom is 0.177 e. The van der Waals surface area contributed by atoms with E-state index in [9.17, 15) is 0 Å². The number of nitrogens with zero attached hydrogens (tertiary/aromatic N) is 3. The van der Waals surface area contributed by atoms with Gasteiger partial charge in [-0.05, 0) is 28.9 Å². The standard InChI is InChI=1S/C8H9BrN4/c1-5-4-11-8-6(10-2)3-7(9)12-13(5)8/h3-4,10H,1-2H3. The van der Waals surface area contributed by atoms with E-state index in [1.807, 2.05) is 20.0 Å². The number of halogens is 1. The highest BCUT2D eigenvalue weighted by Gasteiger charge is 2.06. The molecule has 0 radical (unpaired) electrons. The number of aryl methyl sites for hydroxylation is 1. The lowest BCUT2D eigenvalue weighted by molar-refractivity contribution is 0.884. The van der Waals surface area contributed by atoms with Gasteiger partial charge in [0, 0.05) is 7.05 Å². The monoisotopic (exact) mass is 240 g/mol. The Labute approximate surface area is 84.1 Å². The predicted octanol–water partition coefficient (Wildman–Crippen LogP) is 1.84. The average Bonchev–Trinajstić information content (AvgIpc) is 2.47. The van der Waals surface area contributed by atoms with Gasteiger partial charge in [0.2, 0.25) is 0 Å². The third-order valence-electron chi connectivity index (χ3n) is 1.88. The Hall–Kier alpha value is -1.10.